The van der Waals surface area contributed by atoms with E-state index in [1.807, 2.05) is 12.1 Å². The molecule has 0 heterocycles. The normalized spacial score (nSPS) is 9.81. The summed E-state index contributed by atoms with van der Waals surface area (Å²) in [5.74, 6) is 0.184. The van der Waals surface area contributed by atoms with Crippen LogP contribution in [-0.2, 0) is 11.2 Å². The summed E-state index contributed by atoms with van der Waals surface area (Å²) in [6, 6.07) is 7.03. The van der Waals surface area contributed by atoms with Crippen LogP contribution in [0.5, 0.6) is 5.75 Å². The Balaban J connectivity index is 2.37. The van der Waals surface area contributed by atoms with Gasteiger partial charge in [0.05, 0.1) is 0 Å². The number of carbonyl (C=O) groups excluding carboxylic acids is 1. The first-order chi connectivity index (χ1) is 7.59. The monoisotopic (exact) mass is 283 g/mol. The number of carbonyl (C=O) groups is 1. The molecule has 3 nitrogen and oxygen atoms in total. The van der Waals surface area contributed by atoms with Crippen LogP contribution in [0.25, 0.3) is 0 Å². The van der Waals surface area contributed by atoms with Crippen LogP contribution in [0.2, 0.25) is 0 Å². The first-order valence-corrected chi connectivity index (χ1v) is 5.75. The van der Waals surface area contributed by atoms with Crippen molar-refractivity contribution in [2.75, 3.05) is 6.54 Å². The number of para-hydroxylation sites is 1. The van der Waals surface area contributed by atoms with Crippen molar-refractivity contribution in [3.05, 3.63) is 40.9 Å². The highest BCUT2D eigenvalue weighted by atomic mass is 79.9. The van der Waals surface area contributed by atoms with E-state index in [2.05, 4.69) is 27.8 Å². The second-order valence-corrected chi connectivity index (χ2v) is 4.54. The van der Waals surface area contributed by atoms with Crippen molar-refractivity contribution >= 4 is 21.8 Å². The summed E-state index contributed by atoms with van der Waals surface area (Å²) in [5, 5.41) is 12.2. The minimum atomic E-state index is -0.0520. The van der Waals surface area contributed by atoms with Crippen LogP contribution < -0.4 is 5.32 Å². The van der Waals surface area contributed by atoms with Gasteiger partial charge in [-0.2, -0.15) is 0 Å². The van der Waals surface area contributed by atoms with Gasteiger partial charge in [-0.05, 0) is 18.1 Å². The molecule has 0 aliphatic carbocycles. The molecular weight excluding hydrogens is 270 g/mol. The molecule has 1 amide bonds. The zero-order chi connectivity index (χ0) is 12.0. The molecule has 0 aromatic heterocycles. The number of halogens is 1. The predicted molar refractivity (Wildman–Crippen MR) is 67.5 cm³/mol. The van der Waals surface area contributed by atoms with E-state index < -0.39 is 0 Å². The molecule has 1 aromatic carbocycles. The molecule has 4 heteroatoms. The van der Waals surface area contributed by atoms with Crippen molar-refractivity contribution in [2.24, 2.45) is 0 Å². The van der Waals surface area contributed by atoms with E-state index in [4.69, 9.17) is 0 Å². The first kappa shape index (κ1) is 12.8. The maximum absolute atomic E-state index is 11.4. The zero-order valence-corrected chi connectivity index (χ0v) is 10.5. The van der Waals surface area contributed by atoms with Gasteiger partial charge >= 0.3 is 0 Å². The van der Waals surface area contributed by atoms with E-state index in [9.17, 15) is 9.90 Å². The number of hydrogen-bond acceptors (Lipinski definition) is 2. The van der Waals surface area contributed by atoms with Crippen LogP contribution in [0.4, 0.5) is 0 Å². The fourth-order valence-corrected chi connectivity index (χ4v) is 1.39. The SMILES string of the molecule is C=C(Br)CNC(=O)CCc1ccccc1O. The number of phenolic OH excluding ortho intramolecular Hbond substituents is 1. The first-order valence-electron chi connectivity index (χ1n) is 4.96. The molecule has 0 unspecified atom stereocenters. The Morgan fingerprint density at radius 2 is 2.12 bits per heavy atom. The summed E-state index contributed by atoms with van der Waals surface area (Å²) in [6.45, 7) is 4.05. The molecule has 0 atom stereocenters. The Kier molecular flexibility index (Phi) is 5.05. The van der Waals surface area contributed by atoms with Crippen LogP contribution in [-0.4, -0.2) is 17.6 Å². The molecule has 0 bridgehead atoms. The fraction of sp³-hybridized carbons (Fsp3) is 0.250. The average molecular weight is 284 g/mol. The van der Waals surface area contributed by atoms with Crippen molar-refractivity contribution in [3.8, 4) is 5.75 Å². The lowest BCUT2D eigenvalue weighted by atomic mass is 10.1. The van der Waals surface area contributed by atoms with Crippen molar-refractivity contribution in [1.29, 1.82) is 0 Å². The number of aryl methyl sites for hydroxylation is 1. The van der Waals surface area contributed by atoms with Crippen LogP contribution in [0.3, 0.4) is 0 Å². The fourth-order valence-electron chi connectivity index (χ4n) is 1.25. The Morgan fingerprint density at radius 1 is 1.44 bits per heavy atom. The van der Waals surface area contributed by atoms with Crippen LogP contribution >= 0.6 is 15.9 Å². The molecule has 1 rings (SSSR count). The van der Waals surface area contributed by atoms with E-state index in [0.717, 1.165) is 10.0 Å². The maximum Gasteiger partial charge on any atom is 0.220 e. The number of benzene rings is 1. The number of aromatic hydroxyl groups is 1. The standard InChI is InChI=1S/C12H14BrNO2/c1-9(13)8-14-12(16)7-6-10-4-2-3-5-11(10)15/h2-5,15H,1,6-8H2,(H,14,16). The summed E-state index contributed by atoms with van der Waals surface area (Å²) in [7, 11) is 0. The van der Waals surface area contributed by atoms with E-state index in [1.165, 1.54) is 0 Å². The van der Waals surface area contributed by atoms with E-state index in [1.54, 1.807) is 12.1 Å². The minimum Gasteiger partial charge on any atom is -0.508 e. The number of amides is 1. The molecule has 0 aliphatic rings. The van der Waals surface area contributed by atoms with Gasteiger partial charge < -0.3 is 10.4 Å². The summed E-state index contributed by atoms with van der Waals surface area (Å²) in [4.78, 5) is 11.4. The highest BCUT2D eigenvalue weighted by Crippen LogP contribution is 2.16. The van der Waals surface area contributed by atoms with Gasteiger partial charge in [0.2, 0.25) is 5.91 Å². The van der Waals surface area contributed by atoms with Crippen molar-refractivity contribution in [1.82, 2.24) is 5.32 Å². The maximum atomic E-state index is 11.4. The lowest BCUT2D eigenvalue weighted by Gasteiger charge is -2.05. The lowest BCUT2D eigenvalue weighted by Crippen LogP contribution is -2.24. The summed E-state index contributed by atoms with van der Waals surface area (Å²) >= 11 is 3.16. The van der Waals surface area contributed by atoms with Gasteiger partial charge in [-0.25, -0.2) is 0 Å². The molecule has 2 N–H and O–H groups in total. The largest absolute Gasteiger partial charge is 0.508 e. The molecule has 0 spiro atoms. The smallest absolute Gasteiger partial charge is 0.220 e. The van der Waals surface area contributed by atoms with E-state index >= 15 is 0 Å². The van der Waals surface area contributed by atoms with Gasteiger partial charge in [0.25, 0.3) is 0 Å². The van der Waals surface area contributed by atoms with Gasteiger partial charge in [-0.3, -0.25) is 4.79 Å². The lowest BCUT2D eigenvalue weighted by molar-refractivity contribution is -0.120. The third kappa shape index (κ3) is 4.49. The third-order valence-corrected chi connectivity index (χ3v) is 2.37. The van der Waals surface area contributed by atoms with Gasteiger partial charge in [0.1, 0.15) is 5.75 Å². The van der Waals surface area contributed by atoms with Gasteiger partial charge in [0.15, 0.2) is 0 Å². The van der Waals surface area contributed by atoms with Gasteiger partial charge in [-0.15, -0.1) is 0 Å². The second kappa shape index (κ2) is 6.33. The Hall–Kier alpha value is -1.29. The molecule has 1 aromatic rings. The number of hydrogen-bond donors (Lipinski definition) is 2. The van der Waals surface area contributed by atoms with Crippen molar-refractivity contribution in [3.63, 3.8) is 0 Å². The molecule has 0 fully saturated rings. The Morgan fingerprint density at radius 3 is 2.75 bits per heavy atom. The topological polar surface area (TPSA) is 49.3 Å². The zero-order valence-electron chi connectivity index (χ0n) is 8.87. The van der Waals surface area contributed by atoms with E-state index in [0.29, 0.717) is 19.4 Å². The number of phenols is 1. The molecule has 16 heavy (non-hydrogen) atoms. The minimum absolute atomic E-state index is 0.0520. The number of nitrogens with one attached hydrogen (secondary N) is 1. The van der Waals surface area contributed by atoms with E-state index in [-0.39, 0.29) is 11.7 Å². The summed E-state index contributed by atoms with van der Waals surface area (Å²) in [5.41, 5.74) is 0.787. The Labute approximate surface area is 103 Å². The highest BCUT2D eigenvalue weighted by Gasteiger charge is 2.04. The molecular formula is C12H14BrNO2. The van der Waals surface area contributed by atoms with Crippen LogP contribution in [0, 0.1) is 0 Å². The molecule has 86 valence electrons. The summed E-state index contributed by atoms with van der Waals surface area (Å²) in [6.07, 6.45) is 0.894. The average Bonchev–Trinajstić information content (AvgIpc) is 2.25. The third-order valence-electron chi connectivity index (χ3n) is 2.09. The Bertz CT molecular complexity index is 390. The van der Waals surface area contributed by atoms with Gasteiger partial charge in [0, 0.05) is 17.4 Å². The van der Waals surface area contributed by atoms with Crippen LogP contribution in [0.1, 0.15) is 12.0 Å². The molecule has 0 radical (unpaired) electrons. The quantitative estimate of drug-likeness (QED) is 0.872. The van der Waals surface area contributed by atoms with Crippen LogP contribution in [0.15, 0.2) is 35.3 Å². The molecule has 0 saturated heterocycles. The number of rotatable bonds is 5. The molecule has 0 saturated carbocycles. The van der Waals surface area contributed by atoms with Crippen molar-refractivity contribution in [2.45, 2.75) is 12.8 Å². The molecule has 0 aliphatic heterocycles. The predicted octanol–water partition coefficient (Wildman–Crippen LogP) is 2.35. The highest BCUT2D eigenvalue weighted by molar-refractivity contribution is 9.11. The van der Waals surface area contributed by atoms with Crippen molar-refractivity contribution < 1.29 is 9.90 Å². The van der Waals surface area contributed by atoms with Gasteiger partial charge in [-0.1, -0.05) is 40.7 Å². The second-order valence-electron chi connectivity index (χ2n) is 3.42. The summed E-state index contributed by atoms with van der Waals surface area (Å²) < 4.78 is 0.739.